The monoisotopic (exact) mass is 168 g/mol. The van der Waals surface area contributed by atoms with Crippen molar-refractivity contribution in [2.24, 2.45) is 0 Å². The van der Waals surface area contributed by atoms with Crippen LogP contribution in [-0.2, 0) is 6.61 Å². The summed E-state index contributed by atoms with van der Waals surface area (Å²) in [6, 6.07) is 2.78. The van der Waals surface area contributed by atoms with Gasteiger partial charge in [0.25, 0.3) is 5.69 Å². The van der Waals surface area contributed by atoms with E-state index in [0.29, 0.717) is 11.4 Å². The van der Waals surface area contributed by atoms with Crippen molar-refractivity contribution < 1.29 is 10.0 Å². The molecule has 5 heteroatoms. The number of nitro groups is 1. The van der Waals surface area contributed by atoms with Gasteiger partial charge in [-0.15, -0.1) is 0 Å². The third kappa shape index (κ3) is 1.57. The predicted molar refractivity (Wildman–Crippen MR) is 41.6 cm³/mol. The number of aromatic nitrogens is 1. The van der Waals surface area contributed by atoms with Crippen LogP contribution >= 0.6 is 0 Å². The minimum absolute atomic E-state index is 0.0211. The third-order valence-corrected chi connectivity index (χ3v) is 1.47. The largest absolute Gasteiger partial charge is 0.390 e. The quantitative estimate of drug-likeness (QED) is 0.523. The Morgan fingerprint density at radius 2 is 2.33 bits per heavy atom. The van der Waals surface area contributed by atoms with E-state index in [4.69, 9.17) is 5.11 Å². The second-order valence-corrected chi connectivity index (χ2v) is 2.32. The minimum Gasteiger partial charge on any atom is -0.390 e. The molecular formula is C7H8N2O3. The number of nitrogens with zero attached hydrogens (tertiary/aromatic N) is 2. The van der Waals surface area contributed by atoms with E-state index in [2.05, 4.69) is 4.98 Å². The number of hydrogen-bond acceptors (Lipinski definition) is 4. The molecule has 1 heterocycles. The van der Waals surface area contributed by atoms with Gasteiger partial charge < -0.3 is 5.11 Å². The lowest BCUT2D eigenvalue weighted by molar-refractivity contribution is -0.385. The summed E-state index contributed by atoms with van der Waals surface area (Å²) < 4.78 is 0. The van der Waals surface area contributed by atoms with Crippen LogP contribution in [0.2, 0.25) is 0 Å². The van der Waals surface area contributed by atoms with Gasteiger partial charge in [0.1, 0.15) is 5.69 Å². The fraction of sp³-hybridized carbons (Fsp3) is 0.286. The Morgan fingerprint density at radius 1 is 1.67 bits per heavy atom. The fourth-order valence-electron chi connectivity index (χ4n) is 0.887. The van der Waals surface area contributed by atoms with E-state index in [1.165, 1.54) is 19.1 Å². The number of aliphatic hydroxyl groups excluding tert-OH is 1. The number of aliphatic hydroxyl groups is 1. The Morgan fingerprint density at radius 3 is 2.75 bits per heavy atom. The summed E-state index contributed by atoms with van der Waals surface area (Å²) in [4.78, 5) is 13.6. The molecule has 0 aliphatic rings. The molecule has 1 rings (SSSR count). The Bertz CT molecular complexity index is 312. The molecule has 5 nitrogen and oxygen atoms in total. The van der Waals surface area contributed by atoms with Crippen LogP contribution < -0.4 is 0 Å². The van der Waals surface area contributed by atoms with Crippen LogP contribution in [-0.4, -0.2) is 15.0 Å². The van der Waals surface area contributed by atoms with E-state index in [-0.39, 0.29) is 12.3 Å². The zero-order valence-electron chi connectivity index (χ0n) is 6.52. The highest BCUT2D eigenvalue weighted by Gasteiger charge is 2.10. The van der Waals surface area contributed by atoms with Gasteiger partial charge in [0, 0.05) is 6.07 Å². The third-order valence-electron chi connectivity index (χ3n) is 1.47. The van der Waals surface area contributed by atoms with Gasteiger partial charge in [-0.05, 0) is 13.0 Å². The minimum atomic E-state index is -0.497. The van der Waals surface area contributed by atoms with Crippen LogP contribution in [0.5, 0.6) is 0 Å². The standard InChI is InChI=1S/C7H8N2O3/c1-5-7(9(11)12)3-2-6(4-10)8-5/h2-3,10H,4H2,1H3. The molecule has 0 atom stereocenters. The summed E-state index contributed by atoms with van der Waals surface area (Å²) in [6.45, 7) is 1.34. The normalized spacial score (nSPS) is 9.83. The van der Waals surface area contributed by atoms with E-state index in [1.807, 2.05) is 0 Å². The number of rotatable bonds is 2. The van der Waals surface area contributed by atoms with E-state index in [0.717, 1.165) is 0 Å². The maximum absolute atomic E-state index is 10.3. The van der Waals surface area contributed by atoms with Crippen molar-refractivity contribution in [3.8, 4) is 0 Å². The average molecular weight is 168 g/mol. The van der Waals surface area contributed by atoms with Crippen molar-refractivity contribution >= 4 is 5.69 Å². The van der Waals surface area contributed by atoms with Crippen LogP contribution in [0.3, 0.4) is 0 Å². The van der Waals surface area contributed by atoms with Gasteiger partial charge in [-0.3, -0.25) is 10.1 Å². The lowest BCUT2D eigenvalue weighted by Crippen LogP contribution is -1.97. The molecule has 0 amide bonds. The molecular weight excluding hydrogens is 160 g/mol. The summed E-state index contributed by atoms with van der Waals surface area (Å²) in [5, 5.41) is 19.0. The highest BCUT2D eigenvalue weighted by molar-refractivity contribution is 5.34. The van der Waals surface area contributed by atoms with E-state index in [9.17, 15) is 10.1 Å². The molecule has 1 N–H and O–H groups in total. The summed E-state index contributed by atoms with van der Waals surface area (Å²) >= 11 is 0. The second-order valence-electron chi connectivity index (χ2n) is 2.32. The number of aryl methyl sites for hydroxylation is 1. The molecule has 0 fully saturated rings. The Hall–Kier alpha value is -1.49. The topological polar surface area (TPSA) is 76.3 Å². The van der Waals surface area contributed by atoms with Crippen LogP contribution in [0.1, 0.15) is 11.4 Å². The van der Waals surface area contributed by atoms with Crippen molar-refractivity contribution in [3.05, 3.63) is 33.6 Å². The van der Waals surface area contributed by atoms with Gasteiger partial charge in [0.2, 0.25) is 0 Å². The maximum Gasteiger partial charge on any atom is 0.290 e. The molecule has 0 saturated carbocycles. The molecule has 0 aromatic carbocycles. The van der Waals surface area contributed by atoms with Crippen molar-refractivity contribution in [2.45, 2.75) is 13.5 Å². The second kappa shape index (κ2) is 3.27. The molecule has 0 aliphatic heterocycles. The van der Waals surface area contributed by atoms with E-state index < -0.39 is 4.92 Å². The van der Waals surface area contributed by atoms with Crippen molar-refractivity contribution in [1.29, 1.82) is 0 Å². The highest BCUT2D eigenvalue weighted by Crippen LogP contribution is 2.14. The first-order valence-corrected chi connectivity index (χ1v) is 3.37. The SMILES string of the molecule is Cc1nc(CO)ccc1[N+](=O)[O-]. The first-order valence-electron chi connectivity index (χ1n) is 3.37. The van der Waals surface area contributed by atoms with Crippen molar-refractivity contribution in [3.63, 3.8) is 0 Å². The van der Waals surface area contributed by atoms with Crippen LogP contribution in [0.15, 0.2) is 12.1 Å². The van der Waals surface area contributed by atoms with Crippen LogP contribution in [0, 0.1) is 17.0 Å². The molecule has 1 aromatic heterocycles. The molecule has 64 valence electrons. The summed E-state index contributed by atoms with van der Waals surface area (Å²) in [5.74, 6) is 0. The molecule has 0 unspecified atom stereocenters. The molecule has 0 saturated heterocycles. The lowest BCUT2D eigenvalue weighted by atomic mass is 10.3. The van der Waals surface area contributed by atoms with E-state index >= 15 is 0 Å². The van der Waals surface area contributed by atoms with Crippen molar-refractivity contribution in [2.75, 3.05) is 0 Å². The summed E-state index contributed by atoms with van der Waals surface area (Å²) in [6.07, 6.45) is 0. The number of pyridine rings is 1. The zero-order valence-corrected chi connectivity index (χ0v) is 6.52. The smallest absolute Gasteiger partial charge is 0.290 e. The Kier molecular flexibility index (Phi) is 2.35. The lowest BCUT2D eigenvalue weighted by Gasteiger charge is -1.97. The van der Waals surface area contributed by atoms with Gasteiger partial charge >= 0.3 is 0 Å². The van der Waals surface area contributed by atoms with Gasteiger partial charge in [-0.1, -0.05) is 0 Å². The van der Waals surface area contributed by atoms with Crippen molar-refractivity contribution in [1.82, 2.24) is 4.98 Å². The first-order chi connectivity index (χ1) is 5.65. The molecule has 0 bridgehead atoms. The van der Waals surface area contributed by atoms with Crippen LogP contribution in [0.4, 0.5) is 5.69 Å². The van der Waals surface area contributed by atoms with Gasteiger partial charge in [0.05, 0.1) is 17.2 Å². The van der Waals surface area contributed by atoms with Gasteiger partial charge in [0.15, 0.2) is 0 Å². The summed E-state index contributed by atoms with van der Waals surface area (Å²) in [7, 11) is 0. The predicted octanol–water partition coefficient (Wildman–Crippen LogP) is 0.791. The first kappa shape index (κ1) is 8.61. The molecule has 0 radical (unpaired) electrons. The van der Waals surface area contributed by atoms with Crippen LogP contribution in [0.25, 0.3) is 0 Å². The maximum atomic E-state index is 10.3. The van der Waals surface area contributed by atoms with Gasteiger partial charge in [-0.25, -0.2) is 4.98 Å². The molecule has 0 spiro atoms. The van der Waals surface area contributed by atoms with Gasteiger partial charge in [-0.2, -0.15) is 0 Å². The highest BCUT2D eigenvalue weighted by atomic mass is 16.6. The molecule has 12 heavy (non-hydrogen) atoms. The molecule has 1 aromatic rings. The number of hydrogen-bond donors (Lipinski definition) is 1. The summed E-state index contributed by atoms with van der Waals surface area (Å²) in [5.41, 5.74) is 0.747. The average Bonchev–Trinajstić information content (AvgIpc) is 2.03. The Labute approximate surface area is 68.8 Å². The van der Waals surface area contributed by atoms with E-state index in [1.54, 1.807) is 0 Å². The Balaban J connectivity index is 3.12. The zero-order chi connectivity index (χ0) is 9.14. The fourth-order valence-corrected chi connectivity index (χ4v) is 0.887. The molecule has 0 aliphatic carbocycles.